The number of hydrogen-bond donors (Lipinski definition) is 1. The van der Waals surface area contributed by atoms with Crippen molar-refractivity contribution in [3.63, 3.8) is 0 Å². The molecule has 0 aliphatic heterocycles. The van der Waals surface area contributed by atoms with E-state index < -0.39 is 0 Å². The average molecular weight is 208 g/mol. The molecule has 0 unspecified atom stereocenters. The molecule has 0 saturated heterocycles. The Labute approximate surface area is 91.3 Å². The summed E-state index contributed by atoms with van der Waals surface area (Å²) in [5.74, 6) is 2.61. The maximum absolute atomic E-state index is 5.54. The first kappa shape index (κ1) is 10.7. The zero-order valence-corrected chi connectivity index (χ0v) is 9.62. The third-order valence-electron chi connectivity index (χ3n) is 3.40. The molecule has 1 N–H and O–H groups in total. The predicted molar refractivity (Wildman–Crippen MR) is 59.6 cm³/mol. The second-order valence-corrected chi connectivity index (χ2v) is 4.65. The first-order valence-corrected chi connectivity index (χ1v) is 5.88. The van der Waals surface area contributed by atoms with Crippen LogP contribution in [0.5, 0.6) is 0 Å². The van der Waals surface area contributed by atoms with Crippen LogP contribution in [0.25, 0.3) is 0 Å². The molecule has 1 heterocycles. The van der Waals surface area contributed by atoms with Crippen LogP contribution in [0, 0.1) is 5.92 Å². The van der Waals surface area contributed by atoms with Crippen LogP contribution in [0.4, 0.5) is 0 Å². The van der Waals surface area contributed by atoms with E-state index in [2.05, 4.69) is 17.2 Å². The Bertz CT molecular complexity index is 300. The van der Waals surface area contributed by atoms with Crippen molar-refractivity contribution in [1.82, 2.24) is 10.3 Å². The fourth-order valence-electron chi connectivity index (χ4n) is 2.43. The summed E-state index contributed by atoms with van der Waals surface area (Å²) < 4.78 is 5.54. The van der Waals surface area contributed by atoms with Crippen LogP contribution in [0.2, 0.25) is 0 Å². The first-order valence-electron chi connectivity index (χ1n) is 5.88. The lowest BCUT2D eigenvalue weighted by molar-refractivity contribution is 0.312. The van der Waals surface area contributed by atoms with Crippen LogP contribution < -0.4 is 5.32 Å². The molecule has 3 heteroatoms. The molecule has 1 saturated carbocycles. The summed E-state index contributed by atoms with van der Waals surface area (Å²) in [5.41, 5.74) is 1.09. The van der Waals surface area contributed by atoms with Gasteiger partial charge in [-0.2, -0.15) is 0 Å². The van der Waals surface area contributed by atoms with Crippen LogP contribution in [0.15, 0.2) is 10.8 Å². The van der Waals surface area contributed by atoms with Gasteiger partial charge in [-0.15, -0.1) is 0 Å². The highest BCUT2D eigenvalue weighted by Crippen LogP contribution is 2.36. The summed E-state index contributed by atoms with van der Waals surface area (Å²) in [5, 5.41) is 3.14. The standard InChI is InChI=1S/C12H20N2O/c1-9-3-5-10(6-4-9)12-11(7-13-2)14-8-15-12/h8-10,13H,3-7H2,1-2H3. The van der Waals surface area contributed by atoms with Gasteiger partial charge in [-0.3, -0.25) is 0 Å². The molecule has 1 aromatic rings. The van der Waals surface area contributed by atoms with E-state index in [0.29, 0.717) is 5.92 Å². The Morgan fingerprint density at radius 2 is 2.13 bits per heavy atom. The lowest BCUT2D eigenvalue weighted by Crippen LogP contribution is -2.14. The zero-order valence-electron chi connectivity index (χ0n) is 9.62. The minimum Gasteiger partial charge on any atom is -0.448 e. The Hall–Kier alpha value is -0.830. The Kier molecular flexibility index (Phi) is 3.41. The topological polar surface area (TPSA) is 38.1 Å². The highest BCUT2D eigenvalue weighted by Gasteiger charge is 2.24. The molecule has 84 valence electrons. The molecule has 2 rings (SSSR count). The highest BCUT2D eigenvalue weighted by atomic mass is 16.3. The maximum atomic E-state index is 5.54. The Balaban J connectivity index is 2.05. The highest BCUT2D eigenvalue weighted by molar-refractivity contribution is 5.13. The minimum atomic E-state index is 0.604. The SMILES string of the molecule is CNCc1ncoc1C1CCC(C)CC1. The van der Waals surface area contributed by atoms with Crippen molar-refractivity contribution in [2.24, 2.45) is 5.92 Å². The van der Waals surface area contributed by atoms with Crippen LogP contribution in [0.3, 0.4) is 0 Å². The molecule has 0 aromatic carbocycles. The monoisotopic (exact) mass is 208 g/mol. The summed E-state index contributed by atoms with van der Waals surface area (Å²) in [6.45, 7) is 3.16. The molecule has 3 nitrogen and oxygen atoms in total. The Morgan fingerprint density at radius 1 is 1.40 bits per heavy atom. The van der Waals surface area contributed by atoms with Gasteiger partial charge in [-0.1, -0.05) is 19.8 Å². The molecule has 1 aliphatic rings. The van der Waals surface area contributed by atoms with Crippen molar-refractivity contribution in [3.05, 3.63) is 17.8 Å². The molecular formula is C12H20N2O. The second-order valence-electron chi connectivity index (χ2n) is 4.65. The fraction of sp³-hybridized carbons (Fsp3) is 0.750. The predicted octanol–water partition coefficient (Wildman–Crippen LogP) is 2.69. The molecule has 0 amide bonds. The smallest absolute Gasteiger partial charge is 0.181 e. The molecule has 0 spiro atoms. The van der Waals surface area contributed by atoms with E-state index in [1.54, 1.807) is 6.39 Å². The summed E-state index contributed by atoms with van der Waals surface area (Å²) in [6, 6.07) is 0. The number of nitrogens with one attached hydrogen (secondary N) is 1. The zero-order chi connectivity index (χ0) is 10.7. The van der Waals surface area contributed by atoms with E-state index in [0.717, 1.165) is 23.9 Å². The molecule has 15 heavy (non-hydrogen) atoms. The second kappa shape index (κ2) is 4.79. The van der Waals surface area contributed by atoms with Crippen molar-refractivity contribution in [1.29, 1.82) is 0 Å². The van der Waals surface area contributed by atoms with Gasteiger partial charge in [-0.05, 0) is 25.8 Å². The van der Waals surface area contributed by atoms with Crippen LogP contribution in [0.1, 0.15) is 50.0 Å². The van der Waals surface area contributed by atoms with E-state index in [1.807, 2.05) is 7.05 Å². The van der Waals surface area contributed by atoms with E-state index >= 15 is 0 Å². The van der Waals surface area contributed by atoms with Gasteiger partial charge in [0, 0.05) is 12.5 Å². The number of nitrogens with zero attached hydrogens (tertiary/aromatic N) is 1. The van der Waals surface area contributed by atoms with Gasteiger partial charge in [0.05, 0.1) is 5.69 Å². The van der Waals surface area contributed by atoms with Gasteiger partial charge in [0.15, 0.2) is 6.39 Å². The normalized spacial score (nSPS) is 26.8. The van der Waals surface area contributed by atoms with Crippen molar-refractivity contribution >= 4 is 0 Å². The molecular weight excluding hydrogens is 188 g/mol. The van der Waals surface area contributed by atoms with Crippen LogP contribution >= 0.6 is 0 Å². The van der Waals surface area contributed by atoms with Gasteiger partial charge < -0.3 is 9.73 Å². The molecule has 1 aliphatic carbocycles. The largest absolute Gasteiger partial charge is 0.448 e. The van der Waals surface area contributed by atoms with E-state index in [4.69, 9.17) is 4.42 Å². The lowest BCUT2D eigenvalue weighted by atomic mass is 9.81. The fourth-order valence-corrected chi connectivity index (χ4v) is 2.43. The quantitative estimate of drug-likeness (QED) is 0.830. The third-order valence-corrected chi connectivity index (χ3v) is 3.40. The number of hydrogen-bond acceptors (Lipinski definition) is 3. The summed E-state index contributed by atoms with van der Waals surface area (Å²) in [6.07, 6.45) is 6.74. The van der Waals surface area contributed by atoms with Gasteiger partial charge >= 0.3 is 0 Å². The third kappa shape index (κ3) is 2.40. The summed E-state index contributed by atoms with van der Waals surface area (Å²) in [7, 11) is 1.95. The van der Waals surface area contributed by atoms with Gasteiger partial charge in [0.2, 0.25) is 0 Å². The maximum Gasteiger partial charge on any atom is 0.181 e. The molecule has 1 fully saturated rings. The number of aromatic nitrogens is 1. The van der Waals surface area contributed by atoms with Gasteiger partial charge in [-0.25, -0.2) is 4.98 Å². The molecule has 0 radical (unpaired) electrons. The number of oxazole rings is 1. The van der Waals surface area contributed by atoms with Gasteiger partial charge in [0.25, 0.3) is 0 Å². The van der Waals surface area contributed by atoms with Crippen molar-refractivity contribution in [3.8, 4) is 0 Å². The minimum absolute atomic E-state index is 0.604. The molecule has 1 aromatic heterocycles. The van der Waals surface area contributed by atoms with E-state index in [9.17, 15) is 0 Å². The average Bonchev–Trinajstić information content (AvgIpc) is 2.68. The molecule has 0 bridgehead atoms. The lowest BCUT2D eigenvalue weighted by Gasteiger charge is -2.24. The van der Waals surface area contributed by atoms with Crippen LogP contribution in [-0.2, 0) is 6.54 Å². The van der Waals surface area contributed by atoms with Gasteiger partial charge in [0.1, 0.15) is 5.76 Å². The summed E-state index contributed by atoms with van der Waals surface area (Å²) >= 11 is 0. The van der Waals surface area contributed by atoms with Crippen LogP contribution in [-0.4, -0.2) is 12.0 Å². The van der Waals surface area contributed by atoms with Crippen molar-refractivity contribution < 1.29 is 4.42 Å². The summed E-state index contributed by atoms with van der Waals surface area (Å²) in [4.78, 5) is 4.27. The van der Waals surface area contributed by atoms with E-state index in [-0.39, 0.29) is 0 Å². The Morgan fingerprint density at radius 3 is 2.80 bits per heavy atom. The number of rotatable bonds is 3. The van der Waals surface area contributed by atoms with Crippen molar-refractivity contribution in [2.75, 3.05) is 7.05 Å². The first-order chi connectivity index (χ1) is 7.31. The molecule has 0 atom stereocenters. The van der Waals surface area contributed by atoms with Crippen molar-refractivity contribution in [2.45, 2.75) is 45.1 Å². The van der Waals surface area contributed by atoms with E-state index in [1.165, 1.54) is 25.7 Å².